The first-order chi connectivity index (χ1) is 12.0. The Labute approximate surface area is 156 Å². The minimum Gasteiger partial charge on any atom is -0.379 e. The Hall–Kier alpha value is -1.30. The Kier molecular flexibility index (Phi) is 8.00. The number of nitrogens with one attached hydrogen (secondary N) is 2. The molecule has 2 rings (SSSR count). The number of hydrogen-bond donors (Lipinski definition) is 2. The molecule has 0 spiro atoms. The van der Waals surface area contributed by atoms with E-state index in [1.165, 1.54) is 0 Å². The SMILES string of the molecule is CCNC(=NCC(C)N1CCOCC1C)NC(C)c1cccc(Cl)c1. The highest BCUT2D eigenvalue weighted by Crippen LogP contribution is 2.17. The van der Waals surface area contributed by atoms with E-state index in [2.05, 4.69) is 49.3 Å². The predicted octanol–water partition coefficient (Wildman–Crippen LogP) is 3.07. The lowest BCUT2D eigenvalue weighted by molar-refractivity contribution is -0.0165. The number of halogens is 1. The lowest BCUT2D eigenvalue weighted by atomic mass is 10.1. The van der Waals surface area contributed by atoms with Crippen molar-refractivity contribution >= 4 is 17.6 Å². The molecule has 5 nitrogen and oxygen atoms in total. The lowest BCUT2D eigenvalue weighted by Crippen LogP contribution is -2.49. The monoisotopic (exact) mass is 366 g/mol. The molecule has 1 aromatic rings. The molecule has 25 heavy (non-hydrogen) atoms. The normalized spacial score (nSPS) is 21.6. The van der Waals surface area contributed by atoms with Crippen LogP contribution in [0.3, 0.4) is 0 Å². The third-order valence-electron chi connectivity index (χ3n) is 4.54. The van der Waals surface area contributed by atoms with E-state index < -0.39 is 0 Å². The van der Waals surface area contributed by atoms with Crippen molar-refractivity contribution in [2.24, 2.45) is 4.99 Å². The summed E-state index contributed by atoms with van der Waals surface area (Å²) in [5.41, 5.74) is 1.15. The van der Waals surface area contributed by atoms with Crippen LogP contribution in [0.5, 0.6) is 0 Å². The van der Waals surface area contributed by atoms with Crippen LogP contribution in [0, 0.1) is 0 Å². The molecule has 2 N–H and O–H groups in total. The highest BCUT2D eigenvalue weighted by molar-refractivity contribution is 6.30. The fourth-order valence-electron chi connectivity index (χ4n) is 3.11. The summed E-state index contributed by atoms with van der Waals surface area (Å²) in [6, 6.07) is 8.89. The van der Waals surface area contributed by atoms with Crippen LogP contribution in [-0.4, -0.2) is 55.8 Å². The highest BCUT2D eigenvalue weighted by Gasteiger charge is 2.23. The maximum atomic E-state index is 6.10. The number of nitrogens with zero attached hydrogens (tertiary/aromatic N) is 2. The molecule has 0 bridgehead atoms. The molecule has 0 saturated carbocycles. The summed E-state index contributed by atoms with van der Waals surface area (Å²) < 4.78 is 5.52. The summed E-state index contributed by atoms with van der Waals surface area (Å²) in [4.78, 5) is 7.26. The number of morpholine rings is 1. The van der Waals surface area contributed by atoms with Crippen molar-refractivity contribution in [1.82, 2.24) is 15.5 Å². The van der Waals surface area contributed by atoms with E-state index in [-0.39, 0.29) is 6.04 Å². The molecule has 3 unspecified atom stereocenters. The molecule has 3 atom stereocenters. The predicted molar refractivity (Wildman–Crippen MR) is 105 cm³/mol. The van der Waals surface area contributed by atoms with Crippen LogP contribution in [0.4, 0.5) is 0 Å². The minimum atomic E-state index is 0.133. The van der Waals surface area contributed by atoms with E-state index in [1.807, 2.05) is 18.2 Å². The fourth-order valence-corrected chi connectivity index (χ4v) is 3.31. The van der Waals surface area contributed by atoms with Gasteiger partial charge in [0.25, 0.3) is 0 Å². The van der Waals surface area contributed by atoms with Crippen LogP contribution in [0.25, 0.3) is 0 Å². The second-order valence-corrected chi connectivity index (χ2v) is 7.09. The van der Waals surface area contributed by atoms with Crippen molar-refractivity contribution in [3.8, 4) is 0 Å². The topological polar surface area (TPSA) is 48.9 Å². The second kappa shape index (κ2) is 10.00. The van der Waals surface area contributed by atoms with Gasteiger partial charge in [-0.05, 0) is 45.4 Å². The van der Waals surface area contributed by atoms with Crippen molar-refractivity contribution < 1.29 is 4.74 Å². The van der Waals surface area contributed by atoms with Crippen molar-refractivity contribution in [2.45, 2.75) is 45.8 Å². The molecule has 0 amide bonds. The Morgan fingerprint density at radius 3 is 2.92 bits per heavy atom. The average molecular weight is 367 g/mol. The van der Waals surface area contributed by atoms with Gasteiger partial charge in [0.15, 0.2) is 5.96 Å². The zero-order chi connectivity index (χ0) is 18.2. The summed E-state index contributed by atoms with van der Waals surface area (Å²) in [5, 5.41) is 7.55. The average Bonchev–Trinajstić information content (AvgIpc) is 2.60. The van der Waals surface area contributed by atoms with Crippen molar-refractivity contribution in [2.75, 3.05) is 32.8 Å². The number of guanidine groups is 1. The molecular weight excluding hydrogens is 336 g/mol. The molecular formula is C19H31ClN4O. The number of ether oxygens (including phenoxy) is 1. The minimum absolute atomic E-state index is 0.133. The standard InChI is InChI=1S/C19H31ClN4O/c1-5-21-19(23-16(4)17-7-6-8-18(20)11-17)22-12-14(2)24-9-10-25-13-15(24)3/h6-8,11,14-16H,5,9-10,12-13H2,1-4H3,(H2,21,22,23). The first-order valence-corrected chi connectivity index (χ1v) is 9.52. The highest BCUT2D eigenvalue weighted by atomic mass is 35.5. The van der Waals surface area contributed by atoms with Crippen molar-refractivity contribution in [3.63, 3.8) is 0 Å². The van der Waals surface area contributed by atoms with E-state index in [0.29, 0.717) is 12.1 Å². The Bertz CT molecular complexity index is 566. The molecule has 0 radical (unpaired) electrons. The van der Waals surface area contributed by atoms with Crippen LogP contribution in [0.1, 0.15) is 39.3 Å². The Morgan fingerprint density at radius 1 is 1.44 bits per heavy atom. The van der Waals surface area contributed by atoms with Gasteiger partial charge in [-0.3, -0.25) is 9.89 Å². The van der Waals surface area contributed by atoms with Gasteiger partial charge in [-0.2, -0.15) is 0 Å². The van der Waals surface area contributed by atoms with E-state index in [9.17, 15) is 0 Å². The largest absolute Gasteiger partial charge is 0.379 e. The van der Waals surface area contributed by atoms with Gasteiger partial charge >= 0.3 is 0 Å². The van der Waals surface area contributed by atoms with Gasteiger partial charge < -0.3 is 15.4 Å². The van der Waals surface area contributed by atoms with E-state index in [1.54, 1.807) is 0 Å². The van der Waals surface area contributed by atoms with Gasteiger partial charge in [0.1, 0.15) is 0 Å². The van der Waals surface area contributed by atoms with Gasteiger partial charge in [-0.25, -0.2) is 0 Å². The summed E-state index contributed by atoms with van der Waals surface area (Å²) in [6.07, 6.45) is 0. The first-order valence-electron chi connectivity index (χ1n) is 9.15. The zero-order valence-electron chi connectivity index (χ0n) is 15.8. The molecule has 6 heteroatoms. The van der Waals surface area contributed by atoms with Crippen LogP contribution in [0.15, 0.2) is 29.3 Å². The smallest absolute Gasteiger partial charge is 0.191 e. The maximum Gasteiger partial charge on any atom is 0.191 e. The molecule has 1 saturated heterocycles. The number of aliphatic imine (C=N–C) groups is 1. The van der Waals surface area contributed by atoms with Crippen LogP contribution in [0.2, 0.25) is 5.02 Å². The first kappa shape index (κ1) is 20.0. The van der Waals surface area contributed by atoms with E-state index >= 15 is 0 Å². The van der Waals surface area contributed by atoms with Gasteiger partial charge in [-0.15, -0.1) is 0 Å². The van der Waals surface area contributed by atoms with Crippen LogP contribution >= 0.6 is 11.6 Å². The molecule has 1 aliphatic rings. The molecule has 140 valence electrons. The van der Waals surface area contributed by atoms with Gasteiger partial charge in [0.2, 0.25) is 0 Å². The Morgan fingerprint density at radius 2 is 2.24 bits per heavy atom. The molecule has 1 heterocycles. The molecule has 0 aliphatic carbocycles. The van der Waals surface area contributed by atoms with Gasteiger partial charge in [-0.1, -0.05) is 23.7 Å². The second-order valence-electron chi connectivity index (χ2n) is 6.65. The lowest BCUT2D eigenvalue weighted by Gasteiger charge is -2.37. The fraction of sp³-hybridized carbons (Fsp3) is 0.632. The molecule has 1 aliphatic heterocycles. The molecule has 1 fully saturated rings. The zero-order valence-corrected chi connectivity index (χ0v) is 16.5. The van der Waals surface area contributed by atoms with Gasteiger partial charge in [0.05, 0.1) is 25.8 Å². The molecule has 0 aromatic heterocycles. The van der Waals surface area contributed by atoms with Crippen molar-refractivity contribution in [3.05, 3.63) is 34.9 Å². The summed E-state index contributed by atoms with van der Waals surface area (Å²) in [7, 11) is 0. The number of hydrogen-bond acceptors (Lipinski definition) is 3. The summed E-state index contributed by atoms with van der Waals surface area (Å²) >= 11 is 6.10. The summed E-state index contributed by atoms with van der Waals surface area (Å²) in [5.74, 6) is 0.836. The number of benzene rings is 1. The third kappa shape index (κ3) is 6.17. The third-order valence-corrected chi connectivity index (χ3v) is 4.78. The Balaban J connectivity index is 1.97. The van der Waals surface area contributed by atoms with Gasteiger partial charge in [0, 0.05) is 30.2 Å². The van der Waals surface area contributed by atoms with E-state index in [4.69, 9.17) is 21.3 Å². The molecule has 1 aromatic carbocycles. The maximum absolute atomic E-state index is 6.10. The summed E-state index contributed by atoms with van der Waals surface area (Å²) in [6.45, 7) is 12.8. The quantitative estimate of drug-likeness (QED) is 0.600. The van der Waals surface area contributed by atoms with E-state index in [0.717, 1.165) is 49.4 Å². The number of rotatable bonds is 6. The van der Waals surface area contributed by atoms with Crippen LogP contribution < -0.4 is 10.6 Å². The van der Waals surface area contributed by atoms with Crippen LogP contribution in [-0.2, 0) is 4.74 Å². The van der Waals surface area contributed by atoms with Crippen molar-refractivity contribution in [1.29, 1.82) is 0 Å².